The first kappa shape index (κ1) is 25.9. The average molecular weight is 514 g/mol. The lowest BCUT2D eigenvalue weighted by atomic mass is 9.95. The predicted molar refractivity (Wildman–Crippen MR) is 149 cm³/mol. The van der Waals surface area contributed by atoms with Crippen LogP contribution in [0.15, 0.2) is 77.3 Å². The van der Waals surface area contributed by atoms with Gasteiger partial charge in [-0.2, -0.15) is 0 Å². The SMILES string of the molecule is CCC(F)=C(C=C(C)C)c1cc(Cc2cc3c(=O)n(C4CCOCC4O)cnc3c3ccccc23)ccn1. The molecule has 1 aliphatic heterocycles. The Labute approximate surface area is 221 Å². The number of allylic oxidation sites excluding steroid dienone is 4. The van der Waals surface area contributed by atoms with Crippen LogP contribution in [0, 0.1) is 0 Å². The van der Waals surface area contributed by atoms with E-state index in [0.29, 0.717) is 48.0 Å². The summed E-state index contributed by atoms with van der Waals surface area (Å²) in [5.41, 5.74) is 4.48. The first-order chi connectivity index (χ1) is 18.4. The fourth-order valence-corrected chi connectivity index (χ4v) is 5.19. The molecule has 0 saturated carbocycles. The second-order valence-electron chi connectivity index (χ2n) is 10.1. The summed E-state index contributed by atoms with van der Waals surface area (Å²) < 4.78 is 21.7. The summed E-state index contributed by atoms with van der Waals surface area (Å²) >= 11 is 0. The Morgan fingerprint density at radius 3 is 2.68 bits per heavy atom. The number of hydrogen-bond acceptors (Lipinski definition) is 5. The minimum absolute atomic E-state index is 0.179. The number of nitrogens with zero attached hydrogens (tertiary/aromatic N) is 3. The van der Waals surface area contributed by atoms with E-state index in [1.165, 1.54) is 0 Å². The van der Waals surface area contributed by atoms with Crippen LogP contribution in [-0.2, 0) is 11.2 Å². The molecule has 6 nitrogen and oxygen atoms in total. The van der Waals surface area contributed by atoms with Crippen molar-refractivity contribution in [2.24, 2.45) is 0 Å². The first-order valence-electron chi connectivity index (χ1n) is 13.0. The van der Waals surface area contributed by atoms with Crippen molar-refractivity contribution in [2.75, 3.05) is 13.2 Å². The smallest absolute Gasteiger partial charge is 0.261 e. The lowest BCUT2D eigenvalue weighted by Crippen LogP contribution is -2.39. The topological polar surface area (TPSA) is 77.2 Å². The number of hydrogen-bond donors (Lipinski definition) is 1. The van der Waals surface area contributed by atoms with Crippen LogP contribution in [0.1, 0.15) is 56.5 Å². The molecule has 0 amide bonds. The zero-order valence-corrected chi connectivity index (χ0v) is 21.9. The standard InChI is InChI=1S/C31H32FN3O3/c1-4-26(32)24(13-19(2)3)27-15-20(9-11-33-27)14-21-16-25-30(23-8-6-5-7-22(21)23)34-18-35(31(25)37)28-10-12-38-17-29(28)36/h5-9,11,13,15-16,18,28-29,36H,4,10,12,14,17H2,1-3H3. The molecule has 0 aliphatic carbocycles. The van der Waals surface area contributed by atoms with Gasteiger partial charge in [-0.1, -0.05) is 42.8 Å². The zero-order valence-electron chi connectivity index (χ0n) is 21.9. The minimum Gasteiger partial charge on any atom is -0.389 e. The molecule has 196 valence electrons. The molecule has 1 N–H and O–H groups in total. The molecule has 1 aliphatic rings. The number of rotatable bonds is 6. The lowest BCUT2D eigenvalue weighted by Gasteiger charge is -2.29. The molecule has 1 fully saturated rings. The van der Waals surface area contributed by atoms with Gasteiger partial charge in [0.25, 0.3) is 5.56 Å². The monoisotopic (exact) mass is 513 g/mol. The molecular weight excluding hydrogens is 481 g/mol. The highest BCUT2D eigenvalue weighted by atomic mass is 19.1. The molecule has 0 radical (unpaired) electrons. The molecule has 2 atom stereocenters. The predicted octanol–water partition coefficient (Wildman–Crippen LogP) is 5.91. The van der Waals surface area contributed by atoms with E-state index < -0.39 is 6.10 Å². The maximum absolute atomic E-state index is 14.8. The second kappa shape index (κ2) is 11.0. The number of fused-ring (bicyclic) bond motifs is 3. The summed E-state index contributed by atoms with van der Waals surface area (Å²) in [7, 11) is 0. The van der Waals surface area contributed by atoms with Crippen molar-refractivity contribution in [1.29, 1.82) is 0 Å². The lowest BCUT2D eigenvalue weighted by molar-refractivity contribution is -0.0395. The van der Waals surface area contributed by atoms with Crippen molar-refractivity contribution in [3.8, 4) is 0 Å². The highest BCUT2D eigenvalue weighted by Crippen LogP contribution is 2.30. The van der Waals surface area contributed by atoms with Crippen molar-refractivity contribution in [2.45, 2.75) is 52.2 Å². The second-order valence-corrected chi connectivity index (χ2v) is 10.1. The molecule has 2 unspecified atom stereocenters. The molecule has 0 bridgehead atoms. The third-order valence-corrected chi connectivity index (χ3v) is 7.06. The van der Waals surface area contributed by atoms with E-state index in [2.05, 4.69) is 9.97 Å². The molecular formula is C31H32FN3O3. The number of ether oxygens (including phenoxy) is 1. The van der Waals surface area contributed by atoms with Crippen LogP contribution in [0.25, 0.3) is 27.2 Å². The molecule has 2 aromatic carbocycles. The van der Waals surface area contributed by atoms with Gasteiger partial charge in [-0.25, -0.2) is 9.37 Å². The molecule has 7 heteroatoms. The Morgan fingerprint density at radius 1 is 1.16 bits per heavy atom. The van der Waals surface area contributed by atoms with Crippen LogP contribution in [0.2, 0.25) is 0 Å². The number of aliphatic hydroxyl groups is 1. The van der Waals surface area contributed by atoms with Gasteiger partial charge >= 0.3 is 0 Å². The zero-order chi connectivity index (χ0) is 26.8. The Hall–Kier alpha value is -3.68. The summed E-state index contributed by atoms with van der Waals surface area (Å²) in [6.45, 7) is 6.35. The van der Waals surface area contributed by atoms with Gasteiger partial charge in [0.2, 0.25) is 0 Å². The van der Waals surface area contributed by atoms with Gasteiger partial charge in [0.05, 0.1) is 41.7 Å². The van der Waals surface area contributed by atoms with Crippen molar-refractivity contribution in [3.05, 3.63) is 99.6 Å². The van der Waals surface area contributed by atoms with E-state index in [9.17, 15) is 14.3 Å². The fourth-order valence-electron chi connectivity index (χ4n) is 5.19. The molecule has 5 rings (SSSR count). The third-order valence-electron chi connectivity index (χ3n) is 7.06. The van der Waals surface area contributed by atoms with Crippen LogP contribution in [0.3, 0.4) is 0 Å². The van der Waals surface area contributed by atoms with E-state index in [1.807, 2.05) is 62.4 Å². The summed E-state index contributed by atoms with van der Waals surface area (Å²) in [6, 6.07) is 13.3. The van der Waals surface area contributed by atoms with Gasteiger partial charge in [-0.15, -0.1) is 0 Å². The molecule has 38 heavy (non-hydrogen) atoms. The van der Waals surface area contributed by atoms with Crippen LogP contribution >= 0.6 is 0 Å². The highest BCUT2D eigenvalue weighted by molar-refractivity contribution is 6.06. The third kappa shape index (κ3) is 5.04. The maximum atomic E-state index is 14.8. The minimum atomic E-state index is -0.762. The van der Waals surface area contributed by atoms with E-state index in [-0.39, 0.29) is 24.0 Å². The maximum Gasteiger partial charge on any atom is 0.261 e. The average Bonchev–Trinajstić information content (AvgIpc) is 2.92. The van der Waals surface area contributed by atoms with Crippen LogP contribution in [0.4, 0.5) is 4.39 Å². The summed E-state index contributed by atoms with van der Waals surface area (Å²) in [5, 5.41) is 12.9. The van der Waals surface area contributed by atoms with Gasteiger partial charge in [0, 0.05) is 23.8 Å². The van der Waals surface area contributed by atoms with E-state index in [1.54, 1.807) is 24.0 Å². The van der Waals surface area contributed by atoms with Gasteiger partial charge in [0.1, 0.15) is 5.83 Å². The van der Waals surface area contributed by atoms with Crippen molar-refractivity contribution in [1.82, 2.24) is 14.5 Å². The van der Waals surface area contributed by atoms with Crippen molar-refractivity contribution in [3.63, 3.8) is 0 Å². The molecule has 1 saturated heterocycles. The largest absolute Gasteiger partial charge is 0.389 e. The number of pyridine rings is 1. The van der Waals surface area contributed by atoms with Crippen LogP contribution in [0.5, 0.6) is 0 Å². The van der Waals surface area contributed by atoms with Crippen LogP contribution < -0.4 is 5.56 Å². The van der Waals surface area contributed by atoms with E-state index in [0.717, 1.165) is 27.5 Å². The van der Waals surface area contributed by atoms with E-state index in [4.69, 9.17) is 4.74 Å². The normalized spacial score (nSPS) is 18.4. The van der Waals surface area contributed by atoms with Crippen molar-refractivity contribution >= 4 is 27.2 Å². The highest BCUT2D eigenvalue weighted by Gasteiger charge is 2.27. The van der Waals surface area contributed by atoms with Crippen molar-refractivity contribution < 1.29 is 14.2 Å². The van der Waals surface area contributed by atoms with E-state index >= 15 is 0 Å². The first-order valence-corrected chi connectivity index (χ1v) is 13.0. The Balaban J connectivity index is 1.63. The Bertz CT molecular complexity index is 1620. The molecule has 2 aromatic heterocycles. The number of aliphatic hydroxyl groups excluding tert-OH is 1. The Morgan fingerprint density at radius 2 is 1.95 bits per heavy atom. The summed E-state index contributed by atoms with van der Waals surface area (Å²) in [4.78, 5) is 22.8. The molecule has 4 aromatic rings. The summed E-state index contributed by atoms with van der Waals surface area (Å²) in [6.07, 6.45) is 5.70. The Kier molecular flexibility index (Phi) is 7.49. The molecule has 0 spiro atoms. The van der Waals surface area contributed by atoms with Gasteiger partial charge in [-0.05, 0) is 67.8 Å². The van der Waals surface area contributed by atoms with Gasteiger partial charge in [0.15, 0.2) is 0 Å². The number of halogens is 1. The quantitative estimate of drug-likeness (QED) is 0.256. The van der Waals surface area contributed by atoms with Crippen LogP contribution in [-0.4, -0.2) is 39.0 Å². The number of benzene rings is 2. The van der Waals surface area contributed by atoms with Gasteiger partial charge < -0.3 is 9.84 Å². The van der Waals surface area contributed by atoms with Gasteiger partial charge in [-0.3, -0.25) is 14.3 Å². The fraction of sp³-hybridized carbons (Fsp3) is 0.323. The number of aromatic nitrogens is 3. The summed E-state index contributed by atoms with van der Waals surface area (Å²) in [5.74, 6) is -0.200. The molecule has 3 heterocycles.